The molecule has 1 aliphatic carbocycles. The van der Waals surface area contributed by atoms with Crippen molar-refractivity contribution < 1.29 is 4.79 Å². The first-order chi connectivity index (χ1) is 6.75. The van der Waals surface area contributed by atoms with Gasteiger partial charge in [-0.25, -0.2) is 0 Å². The molecule has 0 saturated heterocycles. The third kappa shape index (κ3) is 2.02. The monoisotopic (exact) mass is 189 g/mol. The largest absolute Gasteiger partial charge is 0.307 e. The number of Topliss-reactive ketones (excluding diaryl/α,β-unsaturated/α-hetero) is 1. The first-order valence-corrected chi connectivity index (χ1v) is 5.05. The SMILES string of the molecule is CC(=O)CNC1Cc2ccccc2C1. The highest BCUT2D eigenvalue weighted by atomic mass is 16.1. The lowest BCUT2D eigenvalue weighted by molar-refractivity contribution is -0.116. The zero-order valence-electron chi connectivity index (χ0n) is 8.42. The maximum atomic E-state index is 10.8. The molecule has 1 N–H and O–H groups in total. The summed E-state index contributed by atoms with van der Waals surface area (Å²) in [6.07, 6.45) is 2.12. The molecule has 2 rings (SSSR count). The number of carbonyl (C=O) groups excluding carboxylic acids is 1. The molecule has 14 heavy (non-hydrogen) atoms. The molecule has 0 saturated carbocycles. The van der Waals surface area contributed by atoms with Crippen LogP contribution in [-0.4, -0.2) is 18.4 Å². The van der Waals surface area contributed by atoms with Crippen LogP contribution in [0.15, 0.2) is 24.3 Å². The van der Waals surface area contributed by atoms with Crippen molar-refractivity contribution in [3.05, 3.63) is 35.4 Å². The molecule has 0 aromatic heterocycles. The smallest absolute Gasteiger partial charge is 0.143 e. The lowest BCUT2D eigenvalue weighted by atomic mass is 10.1. The Morgan fingerprint density at radius 2 is 1.93 bits per heavy atom. The number of hydrogen-bond acceptors (Lipinski definition) is 2. The number of hydrogen-bond donors (Lipinski definition) is 1. The van der Waals surface area contributed by atoms with Gasteiger partial charge in [0.1, 0.15) is 5.78 Å². The van der Waals surface area contributed by atoms with E-state index in [1.165, 1.54) is 11.1 Å². The predicted molar refractivity (Wildman–Crippen MR) is 56.3 cm³/mol. The van der Waals surface area contributed by atoms with Gasteiger partial charge in [0.25, 0.3) is 0 Å². The number of benzene rings is 1. The summed E-state index contributed by atoms with van der Waals surface area (Å²) in [5.41, 5.74) is 2.85. The summed E-state index contributed by atoms with van der Waals surface area (Å²) < 4.78 is 0. The van der Waals surface area contributed by atoms with E-state index in [0.29, 0.717) is 12.6 Å². The summed E-state index contributed by atoms with van der Waals surface area (Å²) in [4.78, 5) is 10.8. The first kappa shape index (κ1) is 9.41. The predicted octanol–water partition coefficient (Wildman–Crippen LogP) is 1.33. The summed E-state index contributed by atoms with van der Waals surface area (Å²) in [6.45, 7) is 2.12. The molecule has 0 radical (unpaired) electrons. The summed E-state index contributed by atoms with van der Waals surface area (Å²) in [7, 11) is 0. The van der Waals surface area contributed by atoms with Crippen LogP contribution in [0.3, 0.4) is 0 Å². The van der Waals surface area contributed by atoms with Crippen molar-refractivity contribution in [1.82, 2.24) is 5.32 Å². The standard InChI is InChI=1S/C12H15NO/c1-9(14)8-13-12-6-10-4-2-3-5-11(10)7-12/h2-5,12-13H,6-8H2,1H3. The minimum absolute atomic E-state index is 0.209. The molecule has 2 heteroatoms. The zero-order valence-corrected chi connectivity index (χ0v) is 8.42. The molecule has 0 spiro atoms. The fraction of sp³-hybridized carbons (Fsp3) is 0.417. The van der Waals surface area contributed by atoms with E-state index < -0.39 is 0 Å². The van der Waals surface area contributed by atoms with Crippen LogP contribution in [0.2, 0.25) is 0 Å². The molecule has 2 nitrogen and oxygen atoms in total. The summed E-state index contributed by atoms with van der Waals surface area (Å²) >= 11 is 0. The van der Waals surface area contributed by atoms with Gasteiger partial charge in [0.05, 0.1) is 6.54 Å². The fourth-order valence-corrected chi connectivity index (χ4v) is 1.99. The Morgan fingerprint density at radius 3 is 2.43 bits per heavy atom. The van der Waals surface area contributed by atoms with Gasteiger partial charge in [-0.05, 0) is 30.9 Å². The van der Waals surface area contributed by atoms with E-state index in [2.05, 4.69) is 29.6 Å². The third-order valence-corrected chi connectivity index (χ3v) is 2.69. The van der Waals surface area contributed by atoms with E-state index in [-0.39, 0.29) is 5.78 Å². The number of ketones is 1. The number of fused-ring (bicyclic) bond motifs is 1. The second kappa shape index (κ2) is 3.93. The Kier molecular flexibility index (Phi) is 2.64. The van der Waals surface area contributed by atoms with E-state index in [1.54, 1.807) is 6.92 Å². The molecule has 1 aromatic carbocycles. The number of carbonyl (C=O) groups is 1. The van der Waals surface area contributed by atoms with Crippen molar-refractivity contribution >= 4 is 5.78 Å². The average molecular weight is 189 g/mol. The van der Waals surface area contributed by atoms with Crippen LogP contribution in [0.1, 0.15) is 18.1 Å². The van der Waals surface area contributed by atoms with Crippen LogP contribution in [-0.2, 0) is 17.6 Å². The Balaban J connectivity index is 1.95. The van der Waals surface area contributed by atoms with Crippen LogP contribution < -0.4 is 5.32 Å². The second-order valence-corrected chi connectivity index (χ2v) is 3.96. The van der Waals surface area contributed by atoms with Gasteiger partial charge in [0, 0.05) is 6.04 Å². The van der Waals surface area contributed by atoms with Gasteiger partial charge in [-0.2, -0.15) is 0 Å². The van der Waals surface area contributed by atoms with Crippen LogP contribution in [0.5, 0.6) is 0 Å². The zero-order chi connectivity index (χ0) is 9.97. The molecule has 0 amide bonds. The van der Waals surface area contributed by atoms with Gasteiger partial charge < -0.3 is 5.32 Å². The highest BCUT2D eigenvalue weighted by Crippen LogP contribution is 2.21. The Labute approximate surface area is 84.3 Å². The molecule has 74 valence electrons. The summed E-state index contributed by atoms with van der Waals surface area (Å²) in [6, 6.07) is 8.95. The van der Waals surface area contributed by atoms with E-state index in [1.807, 2.05) is 0 Å². The minimum atomic E-state index is 0.209. The van der Waals surface area contributed by atoms with Crippen molar-refractivity contribution in [2.45, 2.75) is 25.8 Å². The molecular formula is C12H15NO. The van der Waals surface area contributed by atoms with E-state index >= 15 is 0 Å². The Morgan fingerprint density at radius 1 is 1.36 bits per heavy atom. The summed E-state index contributed by atoms with van der Waals surface area (Å²) in [5, 5.41) is 3.28. The van der Waals surface area contributed by atoms with E-state index in [9.17, 15) is 4.79 Å². The first-order valence-electron chi connectivity index (χ1n) is 5.05. The third-order valence-electron chi connectivity index (χ3n) is 2.69. The highest BCUT2D eigenvalue weighted by Gasteiger charge is 2.20. The molecule has 0 unspecified atom stereocenters. The number of nitrogens with one attached hydrogen (secondary N) is 1. The average Bonchev–Trinajstić information content (AvgIpc) is 2.57. The van der Waals surface area contributed by atoms with Crippen LogP contribution in [0.25, 0.3) is 0 Å². The maximum Gasteiger partial charge on any atom is 0.143 e. The van der Waals surface area contributed by atoms with Crippen molar-refractivity contribution in [2.24, 2.45) is 0 Å². The van der Waals surface area contributed by atoms with Gasteiger partial charge in [0.2, 0.25) is 0 Å². The molecule has 1 aliphatic rings. The van der Waals surface area contributed by atoms with Gasteiger partial charge >= 0.3 is 0 Å². The van der Waals surface area contributed by atoms with Crippen molar-refractivity contribution in [3.8, 4) is 0 Å². The van der Waals surface area contributed by atoms with Crippen LogP contribution in [0.4, 0.5) is 0 Å². The van der Waals surface area contributed by atoms with Crippen LogP contribution in [0, 0.1) is 0 Å². The molecule has 0 fully saturated rings. The fourth-order valence-electron chi connectivity index (χ4n) is 1.99. The summed E-state index contributed by atoms with van der Waals surface area (Å²) in [5.74, 6) is 0.209. The van der Waals surface area contributed by atoms with E-state index in [0.717, 1.165) is 12.8 Å². The van der Waals surface area contributed by atoms with Crippen molar-refractivity contribution in [2.75, 3.05) is 6.54 Å². The van der Waals surface area contributed by atoms with E-state index in [4.69, 9.17) is 0 Å². The quantitative estimate of drug-likeness (QED) is 0.777. The molecule has 0 bridgehead atoms. The normalized spacial score (nSPS) is 15.5. The molecule has 0 aliphatic heterocycles. The minimum Gasteiger partial charge on any atom is -0.307 e. The molecule has 1 aromatic rings. The maximum absolute atomic E-state index is 10.8. The van der Waals surface area contributed by atoms with Gasteiger partial charge in [-0.1, -0.05) is 24.3 Å². The van der Waals surface area contributed by atoms with Crippen LogP contribution >= 0.6 is 0 Å². The lowest BCUT2D eigenvalue weighted by Crippen LogP contribution is -2.33. The molecular weight excluding hydrogens is 174 g/mol. The van der Waals surface area contributed by atoms with Gasteiger partial charge in [-0.3, -0.25) is 4.79 Å². The topological polar surface area (TPSA) is 29.1 Å². The Hall–Kier alpha value is -1.15. The van der Waals surface area contributed by atoms with Gasteiger partial charge in [0.15, 0.2) is 0 Å². The van der Waals surface area contributed by atoms with Crippen molar-refractivity contribution in [3.63, 3.8) is 0 Å². The van der Waals surface area contributed by atoms with Gasteiger partial charge in [-0.15, -0.1) is 0 Å². The highest BCUT2D eigenvalue weighted by molar-refractivity contribution is 5.77. The van der Waals surface area contributed by atoms with Crippen molar-refractivity contribution in [1.29, 1.82) is 0 Å². The Bertz CT molecular complexity index is 321. The molecule has 0 atom stereocenters. The lowest BCUT2D eigenvalue weighted by Gasteiger charge is -2.09. The molecule has 0 heterocycles. The second-order valence-electron chi connectivity index (χ2n) is 3.96. The number of rotatable bonds is 3.